The van der Waals surface area contributed by atoms with Crippen LogP contribution in [0.25, 0.3) is 20.4 Å². The van der Waals surface area contributed by atoms with Gasteiger partial charge in [0.15, 0.2) is 10.3 Å². The number of nitrogens with zero attached hydrogens (tertiary/aromatic N) is 3. The lowest BCUT2D eigenvalue weighted by Gasteiger charge is -2.11. The number of thioether (sulfide) groups is 1. The van der Waals surface area contributed by atoms with Gasteiger partial charge in [0.25, 0.3) is 5.56 Å². The number of thiazole rings is 1. The Labute approximate surface area is 202 Å². The molecule has 0 spiro atoms. The zero-order valence-corrected chi connectivity index (χ0v) is 20.6. The Kier molecular flexibility index (Phi) is 6.37. The standard InChI is InChI=1S/C22H22N4O4S3/c1-29-9-8-26-20(28)18-13-4-3-5-15(13)32-19(18)25-22(26)31-11-17(27)24-21-23-14-7-6-12(30-2)10-16(14)33-21/h6-7,10H,3-5,8-9,11H2,1-2H3,(H,23,24,27). The molecule has 0 unspecified atom stereocenters. The summed E-state index contributed by atoms with van der Waals surface area (Å²) >= 11 is 4.25. The van der Waals surface area contributed by atoms with E-state index in [9.17, 15) is 9.59 Å². The number of carbonyl (C=O) groups excluding carboxylic acids is 1. The number of anilines is 1. The van der Waals surface area contributed by atoms with Crippen LogP contribution in [0.4, 0.5) is 5.13 Å². The number of aromatic nitrogens is 3. The number of benzene rings is 1. The average molecular weight is 503 g/mol. The number of rotatable bonds is 8. The van der Waals surface area contributed by atoms with Crippen molar-refractivity contribution in [2.45, 2.75) is 31.0 Å². The van der Waals surface area contributed by atoms with Crippen LogP contribution in [0, 0.1) is 0 Å². The van der Waals surface area contributed by atoms with Crippen LogP contribution in [0.2, 0.25) is 0 Å². The van der Waals surface area contributed by atoms with E-state index in [0.717, 1.165) is 51.0 Å². The summed E-state index contributed by atoms with van der Waals surface area (Å²) in [5.41, 5.74) is 1.91. The molecule has 1 N–H and O–H groups in total. The van der Waals surface area contributed by atoms with Gasteiger partial charge in [-0.2, -0.15) is 0 Å². The van der Waals surface area contributed by atoms with Crippen molar-refractivity contribution in [2.24, 2.45) is 0 Å². The van der Waals surface area contributed by atoms with Gasteiger partial charge < -0.3 is 14.8 Å². The number of fused-ring (bicyclic) bond motifs is 4. The van der Waals surface area contributed by atoms with Crippen molar-refractivity contribution in [3.05, 3.63) is 39.0 Å². The summed E-state index contributed by atoms with van der Waals surface area (Å²) in [6.45, 7) is 0.793. The van der Waals surface area contributed by atoms with E-state index in [-0.39, 0.29) is 17.2 Å². The lowest BCUT2D eigenvalue weighted by Crippen LogP contribution is -2.26. The fourth-order valence-corrected chi connectivity index (χ4v) is 6.96. The van der Waals surface area contributed by atoms with Crippen molar-refractivity contribution in [2.75, 3.05) is 31.9 Å². The number of carbonyl (C=O) groups is 1. The van der Waals surface area contributed by atoms with E-state index < -0.39 is 0 Å². The highest BCUT2D eigenvalue weighted by molar-refractivity contribution is 7.99. The van der Waals surface area contributed by atoms with Gasteiger partial charge in [-0.15, -0.1) is 11.3 Å². The van der Waals surface area contributed by atoms with E-state index in [0.29, 0.717) is 23.4 Å². The van der Waals surface area contributed by atoms with E-state index >= 15 is 0 Å². The van der Waals surface area contributed by atoms with Crippen LogP contribution in [-0.4, -0.2) is 47.0 Å². The van der Waals surface area contributed by atoms with Crippen LogP contribution < -0.4 is 15.6 Å². The largest absolute Gasteiger partial charge is 0.497 e. The summed E-state index contributed by atoms with van der Waals surface area (Å²) < 4.78 is 13.0. The maximum absolute atomic E-state index is 13.3. The first-order valence-corrected chi connectivity index (χ1v) is 13.1. The Bertz CT molecular complexity index is 1410. The van der Waals surface area contributed by atoms with Crippen LogP contribution in [0.15, 0.2) is 28.2 Å². The predicted octanol–water partition coefficient (Wildman–Crippen LogP) is 3.94. The second-order valence-electron chi connectivity index (χ2n) is 7.57. The monoisotopic (exact) mass is 502 g/mol. The molecule has 0 fully saturated rings. The number of aryl methyl sites for hydroxylation is 2. The molecule has 8 nitrogen and oxygen atoms in total. The van der Waals surface area contributed by atoms with Gasteiger partial charge in [0.1, 0.15) is 10.6 Å². The zero-order valence-electron chi connectivity index (χ0n) is 18.2. The highest BCUT2D eigenvalue weighted by Gasteiger charge is 2.23. The van der Waals surface area contributed by atoms with Gasteiger partial charge >= 0.3 is 0 Å². The third-order valence-corrected chi connectivity index (χ3v) is 8.58. The lowest BCUT2D eigenvalue weighted by molar-refractivity contribution is -0.113. The molecule has 0 bridgehead atoms. The number of methoxy groups -OCH3 is 2. The molecule has 3 aromatic heterocycles. The molecule has 1 aromatic carbocycles. The van der Waals surface area contributed by atoms with E-state index in [1.54, 1.807) is 30.1 Å². The second-order valence-corrected chi connectivity index (χ2v) is 10.6. The first-order chi connectivity index (χ1) is 16.1. The molecule has 11 heteroatoms. The van der Waals surface area contributed by atoms with Crippen LogP contribution in [0.5, 0.6) is 5.75 Å². The molecular formula is C22H22N4O4S3. The molecule has 172 valence electrons. The number of thiophene rings is 1. The minimum absolute atomic E-state index is 0.0421. The summed E-state index contributed by atoms with van der Waals surface area (Å²) in [4.78, 5) is 37.2. The summed E-state index contributed by atoms with van der Waals surface area (Å²) in [5.74, 6) is 0.664. The van der Waals surface area contributed by atoms with E-state index in [2.05, 4.69) is 10.3 Å². The molecule has 1 amide bonds. The molecular weight excluding hydrogens is 480 g/mol. The number of nitrogens with one attached hydrogen (secondary N) is 1. The van der Waals surface area contributed by atoms with Gasteiger partial charge in [-0.3, -0.25) is 14.2 Å². The Morgan fingerprint density at radius 2 is 2.12 bits per heavy atom. The van der Waals surface area contributed by atoms with Crippen molar-refractivity contribution in [3.63, 3.8) is 0 Å². The Balaban J connectivity index is 1.36. The highest BCUT2D eigenvalue weighted by atomic mass is 32.2. The number of hydrogen-bond donors (Lipinski definition) is 1. The van der Waals surface area contributed by atoms with Crippen molar-refractivity contribution < 1.29 is 14.3 Å². The molecule has 0 radical (unpaired) electrons. The minimum Gasteiger partial charge on any atom is -0.497 e. The molecule has 0 aliphatic heterocycles. The fourth-order valence-electron chi connectivity index (χ4n) is 3.92. The van der Waals surface area contributed by atoms with E-state index in [1.165, 1.54) is 28.0 Å². The molecule has 0 saturated carbocycles. The SMILES string of the molecule is COCCn1c(SCC(=O)Nc2nc3ccc(OC)cc3s2)nc2sc3c(c2c1=O)CCC3. The minimum atomic E-state index is -0.202. The second kappa shape index (κ2) is 9.41. The van der Waals surface area contributed by atoms with Gasteiger partial charge in [-0.05, 0) is 43.0 Å². The quantitative estimate of drug-likeness (QED) is 0.288. The molecule has 5 rings (SSSR count). The van der Waals surface area contributed by atoms with Crippen molar-refractivity contribution >= 4 is 65.9 Å². The van der Waals surface area contributed by atoms with Crippen molar-refractivity contribution in [3.8, 4) is 5.75 Å². The molecule has 0 atom stereocenters. The molecule has 0 saturated heterocycles. The van der Waals surface area contributed by atoms with Gasteiger partial charge in [-0.1, -0.05) is 23.1 Å². The number of amides is 1. The maximum atomic E-state index is 13.3. The zero-order chi connectivity index (χ0) is 22.9. The number of ether oxygens (including phenoxy) is 2. The Morgan fingerprint density at radius 3 is 2.94 bits per heavy atom. The topological polar surface area (TPSA) is 95.3 Å². The maximum Gasteiger partial charge on any atom is 0.263 e. The van der Waals surface area contributed by atoms with Gasteiger partial charge in [0.2, 0.25) is 5.91 Å². The van der Waals surface area contributed by atoms with Crippen LogP contribution >= 0.6 is 34.4 Å². The first-order valence-electron chi connectivity index (χ1n) is 10.5. The predicted molar refractivity (Wildman–Crippen MR) is 133 cm³/mol. The molecule has 4 aromatic rings. The molecule has 1 aliphatic rings. The molecule has 3 heterocycles. The van der Waals surface area contributed by atoms with Gasteiger partial charge in [-0.25, -0.2) is 9.97 Å². The summed E-state index contributed by atoms with van der Waals surface area (Å²) in [7, 11) is 3.22. The van der Waals surface area contributed by atoms with E-state index in [1.807, 2.05) is 18.2 Å². The summed E-state index contributed by atoms with van der Waals surface area (Å²) in [6, 6.07) is 5.59. The Hall–Kier alpha value is -2.47. The first kappa shape index (κ1) is 22.3. The average Bonchev–Trinajstić information content (AvgIpc) is 3.50. The van der Waals surface area contributed by atoms with Gasteiger partial charge in [0, 0.05) is 12.0 Å². The van der Waals surface area contributed by atoms with Gasteiger partial charge in [0.05, 0.1) is 41.6 Å². The van der Waals surface area contributed by atoms with Crippen LogP contribution in [0.3, 0.4) is 0 Å². The molecule has 33 heavy (non-hydrogen) atoms. The third-order valence-electron chi connectivity index (χ3n) is 5.48. The smallest absolute Gasteiger partial charge is 0.263 e. The van der Waals surface area contributed by atoms with Crippen molar-refractivity contribution in [1.29, 1.82) is 0 Å². The van der Waals surface area contributed by atoms with E-state index in [4.69, 9.17) is 14.5 Å². The summed E-state index contributed by atoms with van der Waals surface area (Å²) in [5, 5.41) is 4.66. The molecule has 1 aliphatic carbocycles. The fraction of sp³-hybridized carbons (Fsp3) is 0.364. The Morgan fingerprint density at radius 1 is 1.24 bits per heavy atom. The third kappa shape index (κ3) is 4.37. The van der Waals surface area contributed by atoms with Crippen molar-refractivity contribution in [1.82, 2.24) is 14.5 Å². The van der Waals surface area contributed by atoms with Crippen LogP contribution in [-0.2, 0) is 28.9 Å². The summed E-state index contributed by atoms with van der Waals surface area (Å²) in [6.07, 6.45) is 3.02. The lowest BCUT2D eigenvalue weighted by atomic mass is 10.2. The highest BCUT2D eigenvalue weighted by Crippen LogP contribution is 2.35. The normalized spacial score (nSPS) is 13.0. The number of hydrogen-bond acceptors (Lipinski definition) is 9. The van der Waals surface area contributed by atoms with Crippen LogP contribution in [0.1, 0.15) is 16.9 Å².